The molecule has 0 aromatic carbocycles. The SMILES string of the molecule is CCCCCCCCCCCCCC(=O)O[C@H](CCCCCCCCCCC)CC(=O)N[C@H]1C(OC(=O)C[C@@H](CCCCCCCCCCC)OC(=O)CCCCCCCCCCCCC)[C@H](OP(=O)(O)O)C(CO)O[C@H]1OCC1O[C@H](O)C(NC(=O)C[C@H](O)CCCCCCCCCCC)[C@@H](OC(=O)CCCCCCCCCCCCC)[C@@H]1O. The highest BCUT2D eigenvalue weighted by molar-refractivity contribution is 7.46. The second kappa shape index (κ2) is 76.8. The molecule has 23 nitrogen and oxygen atoms in total. The lowest BCUT2D eigenvalue weighted by molar-refractivity contribution is -0.298. The van der Waals surface area contributed by atoms with Crippen LogP contribution in [-0.2, 0) is 71.0 Å². The van der Waals surface area contributed by atoms with Crippen molar-refractivity contribution in [1.82, 2.24) is 10.6 Å². The van der Waals surface area contributed by atoms with Crippen LogP contribution in [0.2, 0.25) is 0 Å². The number of phosphoric acid groups is 1. The average molecular weight is 1730 g/mol. The highest BCUT2D eigenvalue weighted by Crippen LogP contribution is 2.43. The molecule has 2 aliphatic rings. The highest BCUT2D eigenvalue weighted by Gasteiger charge is 2.54. The van der Waals surface area contributed by atoms with Gasteiger partial charge in [-0.05, 0) is 51.4 Å². The minimum Gasteiger partial charge on any atom is -0.462 e. The lowest BCUT2D eigenvalue weighted by atomic mass is 9.95. The van der Waals surface area contributed by atoms with E-state index in [1.807, 2.05) is 0 Å². The number of nitrogens with one attached hydrogen (secondary N) is 2. The molecule has 2 fully saturated rings. The number of ether oxygens (including phenoxy) is 7. The highest BCUT2D eigenvalue weighted by atomic mass is 31.2. The van der Waals surface area contributed by atoms with E-state index < -0.39 is 149 Å². The van der Waals surface area contributed by atoms with Crippen molar-refractivity contribution >= 4 is 43.5 Å². The van der Waals surface area contributed by atoms with Crippen LogP contribution >= 0.6 is 7.82 Å². The van der Waals surface area contributed by atoms with Crippen LogP contribution in [-0.4, -0.2) is 159 Å². The van der Waals surface area contributed by atoms with E-state index in [1.54, 1.807) is 0 Å². The zero-order chi connectivity index (χ0) is 87.7. The van der Waals surface area contributed by atoms with Crippen molar-refractivity contribution in [2.75, 3.05) is 13.2 Å². The van der Waals surface area contributed by atoms with Crippen molar-refractivity contribution in [3.63, 3.8) is 0 Å². The van der Waals surface area contributed by atoms with Crippen molar-refractivity contribution in [2.24, 2.45) is 0 Å². The van der Waals surface area contributed by atoms with E-state index in [4.69, 9.17) is 37.7 Å². The van der Waals surface area contributed by atoms with Gasteiger partial charge in [0.05, 0.1) is 38.6 Å². The van der Waals surface area contributed by atoms with E-state index in [-0.39, 0.29) is 32.1 Å². The van der Waals surface area contributed by atoms with Crippen LogP contribution in [0.4, 0.5) is 0 Å². The number of carbonyl (C=O) groups is 6. The second-order valence-corrected chi connectivity index (χ2v) is 36.7. The van der Waals surface area contributed by atoms with Crippen LogP contribution in [0, 0.1) is 0 Å². The summed E-state index contributed by atoms with van der Waals surface area (Å²) in [5.41, 5.74) is 0. The second-order valence-electron chi connectivity index (χ2n) is 35.5. The molecule has 2 rings (SSSR count). The maximum atomic E-state index is 15.1. The molecule has 706 valence electrons. The molecule has 0 saturated carbocycles. The molecule has 2 saturated heterocycles. The minimum atomic E-state index is -5.60. The molecule has 0 aromatic rings. The van der Waals surface area contributed by atoms with Gasteiger partial charge in [0, 0.05) is 19.3 Å². The van der Waals surface area contributed by atoms with Crippen LogP contribution in [0.3, 0.4) is 0 Å². The van der Waals surface area contributed by atoms with Gasteiger partial charge < -0.3 is 74.0 Å². The molecule has 24 heteroatoms. The largest absolute Gasteiger partial charge is 0.470 e. The van der Waals surface area contributed by atoms with Gasteiger partial charge >= 0.3 is 31.7 Å². The summed E-state index contributed by atoms with van der Waals surface area (Å²) < 4.78 is 62.1. The predicted molar refractivity (Wildman–Crippen MR) is 478 cm³/mol. The average Bonchev–Trinajstić information content (AvgIpc) is 0.775. The maximum absolute atomic E-state index is 15.1. The van der Waals surface area contributed by atoms with E-state index >= 15 is 4.79 Å². The van der Waals surface area contributed by atoms with Crippen LogP contribution in [0.15, 0.2) is 0 Å². The number of rotatable bonds is 84. The van der Waals surface area contributed by atoms with Gasteiger partial charge in [0.15, 0.2) is 24.8 Å². The van der Waals surface area contributed by atoms with Gasteiger partial charge in [-0.25, -0.2) is 4.57 Å². The molecule has 0 aromatic heterocycles. The molecule has 0 bridgehead atoms. The van der Waals surface area contributed by atoms with Crippen molar-refractivity contribution in [3.05, 3.63) is 0 Å². The van der Waals surface area contributed by atoms with Gasteiger partial charge in [0.25, 0.3) is 0 Å². The van der Waals surface area contributed by atoms with E-state index in [2.05, 4.69) is 52.2 Å². The summed E-state index contributed by atoms with van der Waals surface area (Å²) in [5.74, 6) is -4.18. The molecule has 0 aliphatic carbocycles. The lowest BCUT2D eigenvalue weighted by Gasteiger charge is -2.46. The zero-order valence-corrected chi connectivity index (χ0v) is 77.9. The Labute approximate surface area is 729 Å². The molecule has 2 heterocycles. The van der Waals surface area contributed by atoms with E-state index in [9.17, 15) is 58.8 Å². The third-order valence-electron chi connectivity index (χ3n) is 24.1. The fraction of sp³-hybridized carbons (Fsp3) is 0.938. The Hall–Kier alpha value is -3.35. The summed E-state index contributed by atoms with van der Waals surface area (Å²) in [7, 11) is -5.60. The monoisotopic (exact) mass is 1730 g/mol. The van der Waals surface area contributed by atoms with Crippen molar-refractivity contribution in [2.45, 2.75) is 564 Å². The number of aliphatic hydroxyl groups excluding tert-OH is 4. The number of aliphatic hydroxyl groups is 4. The molecule has 13 atom stereocenters. The van der Waals surface area contributed by atoms with Crippen molar-refractivity contribution in [3.8, 4) is 0 Å². The van der Waals surface area contributed by atoms with Crippen molar-refractivity contribution in [1.29, 1.82) is 0 Å². The predicted octanol–water partition coefficient (Wildman–Crippen LogP) is 22.3. The Kier molecular flexibility index (Phi) is 72.2. The Morgan fingerprint density at radius 3 is 1.02 bits per heavy atom. The molecule has 2 aliphatic heterocycles. The van der Waals surface area contributed by atoms with Crippen LogP contribution in [0.5, 0.6) is 0 Å². The van der Waals surface area contributed by atoms with Crippen LogP contribution in [0.25, 0.3) is 0 Å². The van der Waals surface area contributed by atoms with Gasteiger partial charge in [-0.2, -0.15) is 0 Å². The number of hydrogen-bond donors (Lipinski definition) is 8. The topological polar surface area (TPSA) is 339 Å². The summed E-state index contributed by atoms with van der Waals surface area (Å²) in [6.07, 6.45) is 45.3. The first-order valence-electron chi connectivity index (χ1n) is 49.9. The molecular formula is C96H181N2O21P. The first-order chi connectivity index (χ1) is 58.2. The van der Waals surface area contributed by atoms with E-state index in [1.165, 1.54) is 161 Å². The molecule has 0 radical (unpaired) electrons. The normalized spacial score (nSPS) is 20.2. The van der Waals surface area contributed by atoms with Crippen LogP contribution < -0.4 is 10.6 Å². The molecule has 0 spiro atoms. The molecule has 2 amide bonds. The van der Waals surface area contributed by atoms with Gasteiger partial charge in [0.1, 0.15) is 48.7 Å². The molecule has 8 N–H and O–H groups in total. The molecular weight excluding hydrogens is 1550 g/mol. The summed E-state index contributed by atoms with van der Waals surface area (Å²) in [4.78, 5) is 107. The molecule has 4 unspecified atom stereocenters. The maximum Gasteiger partial charge on any atom is 0.470 e. The van der Waals surface area contributed by atoms with Gasteiger partial charge in [0.2, 0.25) is 11.8 Å². The first-order valence-corrected chi connectivity index (χ1v) is 51.4. The van der Waals surface area contributed by atoms with Crippen LogP contribution in [0.1, 0.15) is 485 Å². The van der Waals surface area contributed by atoms with E-state index in [0.29, 0.717) is 51.4 Å². The minimum absolute atomic E-state index is 0.0468. The smallest absolute Gasteiger partial charge is 0.462 e. The Morgan fingerprint density at radius 2 is 0.658 bits per heavy atom. The third kappa shape index (κ3) is 60.3. The summed E-state index contributed by atoms with van der Waals surface area (Å²) in [5, 5.41) is 52.2. The Bertz CT molecular complexity index is 2510. The zero-order valence-electron chi connectivity index (χ0n) is 77.0. The number of phosphoric ester groups is 1. The lowest BCUT2D eigenvalue weighted by Crippen LogP contribution is -2.68. The third-order valence-corrected chi connectivity index (χ3v) is 24.6. The number of amides is 2. The summed E-state index contributed by atoms with van der Waals surface area (Å²) in [6, 6.07) is -3.35. The van der Waals surface area contributed by atoms with Crippen molar-refractivity contribution < 1.29 is 101 Å². The first kappa shape index (κ1) is 113. The summed E-state index contributed by atoms with van der Waals surface area (Å²) >= 11 is 0. The summed E-state index contributed by atoms with van der Waals surface area (Å²) in [6.45, 7) is 11.4. The number of esters is 4. The quantitative estimate of drug-likeness (QED) is 0.0121. The van der Waals surface area contributed by atoms with Gasteiger partial charge in [-0.1, -0.05) is 395 Å². The Balaban J connectivity index is 2.71. The van der Waals surface area contributed by atoms with E-state index in [0.717, 1.165) is 186 Å². The number of unbranched alkanes of at least 4 members (excludes halogenated alkanes) is 54. The fourth-order valence-corrected chi connectivity index (χ4v) is 17.3. The Morgan fingerprint density at radius 1 is 0.350 bits per heavy atom. The number of hydrogen-bond acceptors (Lipinski definition) is 19. The fourth-order valence-electron chi connectivity index (χ4n) is 16.7. The number of carbonyl (C=O) groups excluding carboxylic acids is 6. The standard InChI is InChI=1S/C96H181N2O21P/c1-7-13-19-25-31-37-40-46-52-58-64-70-85(103)113-79(68-62-56-50-44-35-29-23-17-11-5)74-84(102)98-90-94(118-88(106)75-80(69-63-57-51-45-36-30-24-18-12-6)114-86(104)71-65-59-53-47-41-38-32-26-20-14-8-2)92(119-120(109,110)111)81(76-99)116-96(90)112-77-82-91(107)93(117-87(105)72-66-60-54-48-42-39-33-27-21-15-9-3)89(95(108)115-82)97-83(101)73-78(100)67-61-55-49-43-34-28-22-16-10-4/h78-82,89-96,99-100,107-108H,7-77H2,1-6H3,(H,97,101)(H,98,102)(H2,109,110,111)/t78-,79-,80-,81?,82?,89?,90+,91-,92-,93-,94?,95+,96-/m1/s1. The molecule has 120 heavy (non-hydrogen) atoms. The van der Waals surface area contributed by atoms with Gasteiger partial charge in [-0.15, -0.1) is 0 Å². The van der Waals surface area contributed by atoms with Gasteiger partial charge in [-0.3, -0.25) is 33.3 Å².